The van der Waals surface area contributed by atoms with Crippen molar-refractivity contribution in [1.82, 2.24) is 0 Å². The van der Waals surface area contributed by atoms with Crippen LogP contribution in [0.1, 0.15) is 34.3 Å². The normalized spacial score (nSPS) is 14.4. The summed E-state index contributed by atoms with van der Waals surface area (Å²) in [4.78, 5) is 25.9. The van der Waals surface area contributed by atoms with Gasteiger partial charge >= 0.3 is 0 Å². The summed E-state index contributed by atoms with van der Waals surface area (Å²) in [6.07, 6.45) is 0.341. The van der Waals surface area contributed by atoms with E-state index in [1.807, 2.05) is 30.3 Å². The standard InChI is InChI=1S/C18H17NO3S/c1-10(18(19)21)11-4-6-16-14(7-11)15(20)8-12-3-5-13(22-2)9-17(12)23-16/h3-7,9-10H,8H2,1-2H3,(H2,19,21). The average molecular weight is 327 g/mol. The van der Waals surface area contributed by atoms with Gasteiger partial charge in [0.2, 0.25) is 5.91 Å². The van der Waals surface area contributed by atoms with E-state index in [2.05, 4.69) is 0 Å². The van der Waals surface area contributed by atoms with Crippen molar-refractivity contribution in [2.24, 2.45) is 5.73 Å². The molecule has 118 valence electrons. The molecule has 0 spiro atoms. The molecule has 1 aliphatic rings. The Labute approximate surface area is 139 Å². The Morgan fingerprint density at radius 2 is 2.00 bits per heavy atom. The Hall–Kier alpha value is -2.27. The number of Topliss-reactive ketones (excluding diaryl/α,β-unsaturated/α-hetero) is 1. The van der Waals surface area contributed by atoms with E-state index in [9.17, 15) is 9.59 Å². The molecule has 1 atom stereocenters. The Balaban J connectivity index is 2.05. The molecule has 0 fully saturated rings. The number of benzene rings is 2. The SMILES string of the molecule is COc1ccc2c(c1)Sc1ccc(C(C)C(N)=O)cc1C(=O)C2. The summed E-state index contributed by atoms with van der Waals surface area (Å²) < 4.78 is 5.26. The van der Waals surface area contributed by atoms with E-state index >= 15 is 0 Å². The molecule has 0 radical (unpaired) electrons. The number of rotatable bonds is 3. The summed E-state index contributed by atoms with van der Waals surface area (Å²) in [5.74, 6) is 0.0107. The van der Waals surface area contributed by atoms with Gasteiger partial charge in [-0.25, -0.2) is 0 Å². The summed E-state index contributed by atoms with van der Waals surface area (Å²) in [7, 11) is 1.62. The molecule has 2 aromatic rings. The maximum absolute atomic E-state index is 12.6. The molecule has 1 amide bonds. The van der Waals surface area contributed by atoms with Gasteiger partial charge in [-0.1, -0.05) is 23.9 Å². The Morgan fingerprint density at radius 1 is 1.22 bits per heavy atom. The lowest BCUT2D eigenvalue weighted by Gasteiger charge is -2.11. The fourth-order valence-electron chi connectivity index (χ4n) is 2.58. The van der Waals surface area contributed by atoms with Crippen LogP contribution in [0.25, 0.3) is 0 Å². The number of carbonyl (C=O) groups is 2. The smallest absolute Gasteiger partial charge is 0.224 e. The molecular formula is C18H17NO3S. The maximum Gasteiger partial charge on any atom is 0.224 e. The van der Waals surface area contributed by atoms with Gasteiger partial charge in [-0.3, -0.25) is 9.59 Å². The molecule has 5 heteroatoms. The second kappa shape index (κ2) is 6.08. The number of nitrogens with two attached hydrogens (primary N) is 1. The van der Waals surface area contributed by atoms with E-state index < -0.39 is 11.8 Å². The van der Waals surface area contributed by atoms with Crippen molar-refractivity contribution in [2.45, 2.75) is 29.1 Å². The molecule has 2 aromatic carbocycles. The van der Waals surface area contributed by atoms with Gasteiger partial charge in [0.05, 0.1) is 13.0 Å². The van der Waals surface area contributed by atoms with Gasteiger partial charge in [-0.15, -0.1) is 0 Å². The lowest BCUT2D eigenvalue weighted by molar-refractivity contribution is -0.119. The fourth-order valence-corrected chi connectivity index (χ4v) is 3.68. The first-order chi connectivity index (χ1) is 11.0. The van der Waals surface area contributed by atoms with Gasteiger partial charge in [0.25, 0.3) is 0 Å². The first kappa shape index (κ1) is 15.6. The molecule has 0 aliphatic carbocycles. The number of primary amides is 1. The molecule has 1 unspecified atom stereocenters. The van der Waals surface area contributed by atoms with E-state index in [0.717, 1.165) is 26.7 Å². The van der Waals surface area contributed by atoms with Crippen molar-refractivity contribution >= 4 is 23.5 Å². The largest absolute Gasteiger partial charge is 0.497 e. The molecule has 0 saturated carbocycles. The quantitative estimate of drug-likeness (QED) is 0.940. The number of fused-ring (bicyclic) bond motifs is 2. The van der Waals surface area contributed by atoms with Crippen molar-refractivity contribution < 1.29 is 14.3 Å². The zero-order valence-corrected chi connectivity index (χ0v) is 13.8. The molecule has 0 bridgehead atoms. The molecular weight excluding hydrogens is 310 g/mol. The second-order valence-corrected chi connectivity index (χ2v) is 6.64. The summed E-state index contributed by atoms with van der Waals surface area (Å²) in [5, 5.41) is 0. The van der Waals surface area contributed by atoms with Crippen molar-refractivity contribution in [3.8, 4) is 5.75 Å². The minimum absolute atomic E-state index is 0.0509. The third-order valence-corrected chi connectivity index (χ3v) is 5.25. The van der Waals surface area contributed by atoms with Crippen LogP contribution in [-0.4, -0.2) is 18.8 Å². The predicted octanol–water partition coefficient (Wildman–Crippen LogP) is 3.17. The van der Waals surface area contributed by atoms with Crippen molar-refractivity contribution in [3.63, 3.8) is 0 Å². The van der Waals surface area contributed by atoms with Gasteiger partial charge in [-0.2, -0.15) is 0 Å². The van der Waals surface area contributed by atoms with Gasteiger partial charge < -0.3 is 10.5 Å². The van der Waals surface area contributed by atoms with Crippen LogP contribution < -0.4 is 10.5 Å². The molecule has 1 aliphatic heterocycles. The third-order valence-electron chi connectivity index (χ3n) is 4.08. The van der Waals surface area contributed by atoms with Crippen LogP contribution in [0.2, 0.25) is 0 Å². The zero-order valence-electron chi connectivity index (χ0n) is 13.0. The number of ether oxygens (including phenoxy) is 1. The van der Waals surface area contributed by atoms with Crippen LogP contribution in [0, 0.1) is 0 Å². The van der Waals surface area contributed by atoms with Crippen molar-refractivity contribution in [3.05, 3.63) is 53.1 Å². The zero-order chi connectivity index (χ0) is 16.6. The molecule has 0 saturated heterocycles. The highest BCUT2D eigenvalue weighted by Gasteiger charge is 2.23. The minimum Gasteiger partial charge on any atom is -0.497 e. The van der Waals surface area contributed by atoms with E-state index in [4.69, 9.17) is 10.5 Å². The molecule has 0 aromatic heterocycles. The number of hydrogen-bond donors (Lipinski definition) is 1. The van der Waals surface area contributed by atoms with Crippen LogP contribution in [0.3, 0.4) is 0 Å². The van der Waals surface area contributed by atoms with Crippen LogP contribution in [-0.2, 0) is 11.2 Å². The van der Waals surface area contributed by atoms with Gasteiger partial charge in [-0.05, 0) is 42.3 Å². The van der Waals surface area contributed by atoms with Crippen LogP contribution >= 0.6 is 11.8 Å². The fraction of sp³-hybridized carbons (Fsp3) is 0.222. The number of amides is 1. The average Bonchev–Trinajstić information content (AvgIpc) is 2.68. The molecule has 4 nitrogen and oxygen atoms in total. The lowest BCUT2D eigenvalue weighted by Crippen LogP contribution is -2.19. The van der Waals surface area contributed by atoms with Gasteiger partial charge in [0.1, 0.15) is 5.75 Å². The van der Waals surface area contributed by atoms with Crippen LogP contribution in [0.5, 0.6) is 5.75 Å². The highest BCUT2D eigenvalue weighted by Crippen LogP contribution is 2.39. The molecule has 2 N–H and O–H groups in total. The molecule has 1 heterocycles. The highest BCUT2D eigenvalue weighted by atomic mass is 32.2. The summed E-state index contributed by atoms with van der Waals surface area (Å²) in [6.45, 7) is 1.75. The van der Waals surface area contributed by atoms with Crippen LogP contribution in [0.4, 0.5) is 0 Å². The molecule has 23 heavy (non-hydrogen) atoms. The Morgan fingerprint density at radius 3 is 2.70 bits per heavy atom. The topological polar surface area (TPSA) is 69.4 Å². The van der Waals surface area contributed by atoms with E-state index in [-0.39, 0.29) is 5.78 Å². The first-order valence-electron chi connectivity index (χ1n) is 7.31. The van der Waals surface area contributed by atoms with Gasteiger partial charge in [0.15, 0.2) is 5.78 Å². The molecule has 3 rings (SSSR count). The number of methoxy groups -OCH3 is 1. The number of ketones is 1. The van der Waals surface area contributed by atoms with E-state index in [0.29, 0.717) is 12.0 Å². The lowest BCUT2D eigenvalue weighted by atomic mass is 9.95. The van der Waals surface area contributed by atoms with E-state index in [1.165, 1.54) is 0 Å². The van der Waals surface area contributed by atoms with Crippen molar-refractivity contribution in [2.75, 3.05) is 7.11 Å². The minimum atomic E-state index is -0.413. The number of hydrogen-bond acceptors (Lipinski definition) is 4. The summed E-state index contributed by atoms with van der Waals surface area (Å²) in [5.41, 5.74) is 7.78. The summed E-state index contributed by atoms with van der Waals surface area (Å²) in [6, 6.07) is 11.3. The summed E-state index contributed by atoms with van der Waals surface area (Å²) >= 11 is 1.55. The van der Waals surface area contributed by atoms with E-state index in [1.54, 1.807) is 31.9 Å². The maximum atomic E-state index is 12.6. The second-order valence-electron chi connectivity index (χ2n) is 5.56. The number of carbonyl (C=O) groups excluding carboxylic acids is 2. The third kappa shape index (κ3) is 2.97. The van der Waals surface area contributed by atoms with Crippen LogP contribution in [0.15, 0.2) is 46.2 Å². The van der Waals surface area contributed by atoms with Crippen molar-refractivity contribution in [1.29, 1.82) is 0 Å². The highest BCUT2D eigenvalue weighted by molar-refractivity contribution is 7.99. The first-order valence-corrected chi connectivity index (χ1v) is 8.12. The van der Waals surface area contributed by atoms with Gasteiger partial charge in [0, 0.05) is 21.8 Å². The Bertz CT molecular complexity index is 801. The predicted molar refractivity (Wildman–Crippen MR) is 89.2 cm³/mol. The Kier molecular flexibility index (Phi) is 4.13. The monoisotopic (exact) mass is 327 g/mol.